The molecule has 3 heteroatoms. The number of hydrogen-bond donors (Lipinski definition) is 0. The fourth-order valence-corrected chi connectivity index (χ4v) is 0.371. The van der Waals surface area contributed by atoms with Gasteiger partial charge in [-0.25, -0.2) is 0 Å². The van der Waals surface area contributed by atoms with E-state index in [4.69, 9.17) is 9.47 Å². The average molecular weight is 164 g/mol. The van der Waals surface area contributed by atoms with Crippen LogP contribution in [-0.4, -0.2) is 33.7 Å². The van der Waals surface area contributed by atoms with E-state index in [9.17, 15) is 0 Å². The van der Waals surface area contributed by atoms with Gasteiger partial charge in [0.15, 0.2) is 0 Å². The van der Waals surface area contributed by atoms with Crippen LogP contribution in [-0.2, 0) is 14.2 Å². The summed E-state index contributed by atoms with van der Waals surface area (Å²) in [6, 6.07) is 0. The molecule has 70 valence electrons. The van der Waals surface area contributed by atoms with Crippen LogP contribution in [0.3, 0.4) is 0 Å². The summed E-state index contributed by atoms with van der Waals surface area (Å²) in [5.74, 6) is 0. The summed E-state index contributed by atoms with van der Waals surface area (Å²) >= 11 is 0. The first-order valence-corrected chi connectivity index (χ1v) is 3.97. The lowest BCUT2D eigenvalue weighted by Gasteiger charge is -1.93. The third-order valence-corrected chi connectivity index (χ3v) is 0.814. The van der Waals surface area contributed by atoms with E-state index in [0.717, 1.165) is 19.8 Å². The minimum atomic E-state index is 0.413. The van der Waals surface area contributed by atoms with Crippen molar-refractivity contribution in [2.75, 3.05) is 33.7 Å². The van der Waals surface area contributed by atoms with Gasteiger partial charge in [-0.15, -0.1) is 0 Å². The first kappa shape index (κ1) is 13.5. The fourth-order valence-electron chi connectivity index (χ4n) is 0.371. The monoisotopic (exact) mass is 164 g/mol. The molecule has 0 rings (SSSR count). The topological polar surface area (TPSA) is 27.7 Å². The van der Waals surface area contributed by atoms with Gasteiger partial charge in [0, 0.05) is 26.9 Å². The predicted octanol–water partition coefficient (Wildman–Crippen LogP) is 1.67. The van der Waals surface area contributed by atoms with Gasteiger partial charge in [0.05, 0.1) is 0 Å². The maximum atomic E-state index is 4.83. The molecule has 0 aliphatic rings. The van der Waals surface area contributed by atoms with Crippen LogP contribution >= 0.6 is 0 Å². The largest absolute Gasteiger partial charge is 0.382 e. The molecule has 0 radical (unpaired) electrons. The van der Waals surface area contributed by atoms with Gasteiger partial charge in [0.1, 0.15) is 6.79 Å². The summed E-state index contributed by atoms with van der Waals surface area (Å²) in [6.07, 6.45) is 0. The van der Waals surface area contributed by atoms with Crippen molar-refractivity contribution >= 4 is 0 Å². The molecule has 0 heterocycles. The molecule has 0 N–H and O–H groups in total. The summed E-state index contributed by atoms with van der Waals surface area (Å²) in [5.41, 5.74) is 0. The van der Waals surface area contributed by atoms with E-state index in [0.29, 0.717) is 6.79 Å². The van der Waals surface area contributed by atoms with Crippen molar-refractivity contribution in [1.29, 1.82) is 0 Å². The Kier molecular flexibility index (Phi) is 20.2. The first-order chi connectivity index (χ1) is 5.33. The molecule has 0 unspecified atom stereocenters. The Balaban J connectivity index is 0. The Morgan fingerprint density at radius 3 is 1.36 bits per heavy atom. The second-order valence-corrected chi connectivity index (χ2v) is 1.68. The first-order valence-electron chi connectivity index (χ1n) is 3.97. The van der Waals surface area contributed by atoms with Crippen molar-refractivity contribution in [3.8, 4) is 0 Å². The third kappa shape index (κ3) is 25.8. The van der Waals surface area contributed by atoms with Crippen LogP contribution in [0.2, 0.25) is 0 Å². The minimum Gasteiger partial charge on any atom is -0.382 e. The Bertz CT molecular complexity index is 42.6. The normalized spacial score (nSPS) is 8.73. The highest BCUT2D eigenvalue weighted by Gasteiger charge is 1.71. The number of methoxy groups -OCH3 is 1. The van der Waals surface area contributed by atoms with Crippen molar-refractivity contribution in [3.05, 3.63) is 0 Å². The molecule has 0 amide bonds. The second kappa shape index (κ2) is 16.5. The van der Waals surface area contributed by atoms with Crippen LogP contribution in [0.1, 0.15) is 20.8 Å². The van der Waals surface area contributed by atoms with Gasteiger partial charge in [-0.2, -0.15) is 0 Å². The van der Waals surface area contributed by atoms with Gasteiger partial charge in [-0.3, -0.25) is 0 Å². The van der Waals surface area contributed by atoms with E-state index >= 15 is 0 Å². The second-order valence-electron chi connectivity index (χ2n) is 1.68. The molecular formula is C8H20O3. The summed E-state index contributed by atoms with van der Waals surface area (Å²) in [5, 5.41) is 0. The van der Waals surface area contributed by atoms with Crippen molar-refractivity contribution in [2.24, 2.45) is 0 Å². The molecule has 0 aromatic rings. The molecule has 3 nitrogen and oxygen atoms in total. The molecule has 0 aromatic heterocycles. The maximum Gasteiger partial charge on any atom is 0.146 e. The molecule has 0 aliphatic heterocycles. The molecule has 0 atom stereocenters. The SMILES string of the molecule is CCOCC.CCOCOC. The van der Waals surface area contributed by atoms with E-state index in [1.165, 1.54) is 0 Å². The lowest BCUT2D eigenvalue weighted by molar-refractivity contribution is -0.0250. The number of rotatable bonds is 5. The van der Waals surface area contributed by atoms with Gasteiger partial charge < -0.3 is 14.2 Å². The van der Waals surface area contributed by atoms with Gasteiger partial charge in [0.25, 0.3) is 0 Å². The van der Waals surface area contributed by atoms with E-state index in [2.05, 4.69) is 4.74 Å². The molecule has 0 aromatic carbocycles. The molecule has 0 spiro atoms. The summed E-state index contributed by atoms with van der Waals surface area (Å²) < 4.78 is 14.2. The average Bonchev–Trinajstić information content (AvgIpc) is 2.04. The number of ether oxygens (including phenoxy) is 3. The number of hydrogen-bond acceptors (Lipinski definition) is 3. The van der Waals surface area contributed by atoms with E-state index in [-0.39, 0.29) is 0 Å². The Morgan fingerprint density at radius 1 is 0.818 bits per heavy atom. The quantitative estimate of drug-likeness (QED) is 0.457. The minimum absolute atomic E-state index is 0.413. The molecule has 0 bridgehead atoms. The van der Waals surface area contributed by atoms with Crippen molar-refractivity contribution in [2.45, 2.75) is 20.8 Å². The highest BCUT2D eigenvalue weighted by Crippen LogP contribution is 1.68. The highest BCUT2D eigenvalue weighted by molar-refractivity contribution is 4.07. The molecular weight excluding hydrogens is 144 g/mol. The maximum absolute atomic E-state index is 4.83. The Morgan fingerprint density at radius 2 is 1.27 bits per heavy atom. The van der Waals surface area contributed by atoms with E-state index in [1.54, 1.807) is 7.11 Å². The zero-order valence-electron chi connectivity index (χ0n) is 8.05. The zero-order valence-corrected chi connectivity index (χ0v) is 8.05. The summed E-state index contributed by atoms with van der Waals surface area (Å²) in [6.45, 7) is 8.74. The lowest BCUT2D eigenvalue weighted by Crippen LogP contribution is -1.93. The van der Waals surface area contributed by atoms with Crippen LogP contribution in [0.15, 0.2) is 0 Å². The molecule has 0 saturated carbocycles. The van der Waals surface area contributed by atoms with Gasteiger partial charge in [-0.1, -0.05) is 0 Å². The van der Waals surface area contributed by atoms with Crippen molar-refractivity contribution < 1.29 is 14.2 Å². The fraction of sp³-hybridized carbons (Fsp3) is 1.00. The summed E-state index contributed by atoms with van der Waals surface area (Å²) in [4.78, 5) is 0. The van der Waals surface area contributed by atoms with E-state index in [1.807, 2.05) is 20.8 Å². The van der Waals surface area contributed by atoms with Gasteiger partial charge in [0.2, 0.25) is 0 Å². The third-order valence-electron chi connectivity index (χ3n) is 0.814. The van der Waals surface area contributed by atoms with Crippen molar-refractivity contribution in [1.82, 2.24) is 0 Å². The van der Waals surface area contributed by atoms with Gasteiger partial charge in [-0.05, 0) is 20.8 Å². The Labute approximate surface area is 69.6 Å². The predicted molar refractivity (Wildman–Crippen MR) is 45.7 cm³/mol. The molecule has 0 fully saturated rings. The standard InChI is InChI=1S/C4H10O2.C4H10O/c1-3-6-4-5-2;1-3-5-4-2/h3-4H2,1-2H3;3-4H2,1-2H3. The van der Waals surface area contributed by atoms with Crippen LogP contribution < -0.4 is 0 Å². The van der Waals surface area contributed by atoms with Crippen LogP contribution in [0.4, 0.5) is 0 Å². The van der Waals surface area contributed by atoms with E-state index < -0.39 is 0 Å². The smallest absolute Gasteiger partial charge is 0.146 e. The Hall–Kier alpha value is -0.120. The summed E-state index contributed by atoms with van der Waals surface area (Å²) in [7, 11) is 1.61. The van der Waals surface area contributed by atoms with Crippen molar-refractivity contribution in [3.63, 3.8) is 0 Å². The molecule has 0 saturated heterocycles. The van der Waals surface area contributed by atoms with Crippen LogP contribution in [0, 0.1) is 0 Å². The lowest BCUT2D eigenvalue weighted by atomic mass is 10.8. The molecule has 11 heavy (non-hydrogen) atoms. The highest BCUT2D eigenvalue weighted by atomic mass is 16.7. The molecule has 0 aliphatic carbocycles. The van der Waals surface area contributed by atoms with Crippen LogP contribution in [0.5, 0.6) is 0 Å². The van der Waals surface area contributed by atoms with Gasteiger partial charge >= 0.3 is 0 Å². The van der Waals surface area contributed by atoms with Crippen LogP contribution in [0.25, 0.3) is 0 Å². The zero-order chi connectivity index (χ0) is 8.95.